The van der Waals surface area contributed by atoms with Crippen LogP contribution in [0.4, 0.5) is 0 Å². The molecule has 0 saturated carbocycles. The van der Waals surface area contributed by atoms with E-state index in [1.807, 2.05) is 13.8 Å². The molecule has 1 N–H and O–H groups in total. The first-order valence-electron chi connectivity index (χ1n) is 5.15. The molecule has 0 radical (unpaired) electrons. The molecule has 0 bridgehead atoms. The molecular formula is C12H14BrCl2NO. The van der Waals surface area contributed by atoms with Gasteiger partial charge >= 0.3 is 0 Å². The Morgan fingerprint density at radius 3 is 2.65 bits per heavy atom. The van der Waals surface area contributed by atoms with Crippen LogP contribution in [0.15, 0.2) is 22.7 Å². The predicted octanol–water partition coefficient (Wildman–Crippen LogP) is 4.10. The van der Waals surface area contributed by atoms with Gasteiger partial charge in [-0.25, -0.2) is 0 Å². The smallest absolute Gasteiger partial charge is 0.251 e. The summed E-state index contributed by atoms with van der Waals surface area (Å²) < 4.78 is 0.775. The number of rotatable bonds is 4. The first kappa shape index (κ1) is 14.8. The minimum absolute atomic E-state index is 0.115. The van der Waals surface area contributed by atoms with Crippen LogP contribution in [0.1, 0.15) is 24.2 Å². The van der Waals surface area contributed by atoms with Gasteiger partial charge < -0.3 is 5.32 Å². The number of alkyl halides is 1. The average Bonchev–Trinajstić information content (AvgIpc) is 2.30. The molecule has 1 aromatic rings. The van der Waals surface area contributed by atoms with E-state index in [9.17, 15) is 4.79 Å². The number of carbonyl (C=O) groups excluding carboxylic acids is 1. The summed E-state index contributed by atoms with van der Waals surface area (Å²) in [6.45, 7) is 4.52. The molecule has 0 aromatic heterocycles. The van der Waals surface area contributed by atoms with E-state index in [4.69, 9.17) is 23.2 Å². The van der Waals surface area contributed by atoms with Crippen LogP contribution in [0.25, 0.3) is 0 Å². The second-order valence-electron chi connectivity index (χ2n) is 4.61. The van der Waals surface area contributed by atoms with Crippen molar-refractivity contribution in [1.82, 2.24) is 5.32 Å². The van der Waals surface area contributed by atoms with Crippen molar-refractivity contribution >= 4 is 45.0 Å². The quantitative estimate of drug-likeness (QED) is 0.823. The molecule has 0 atom stereocenters. The van der Waals surface area contributed by atoms with Crippen LogP contribution >= 0.6 is 39.1 Å². The lowest BCUT2D eigenvalue weighted by atomic mass is 9.96. The Morgan fingerprint density at radius 1 is 1.47 bits per heavy atom. The van der Waals surface area contributed by atoms with Crippen LogP contribution in [0, 0.1) is 5.41 Å². The third kappa shape index (κ3) is 4.49. The Bertz CT molecular complexity index is 421. The number of amides is 1. The van der Waals surface area contributed by atoms with E-state index >= 15 is 0 Å². The Labute approximate surface area is 120 Å². The number of nitrogens with one attached hydrogen (secondary N) is 1. The average molecular weight is 339 g/mol. The van der Waals surface area contributed by atoms with Crippen LogP contribution in [0.3, 0.4) is 0 Å². The van der Waals surface area contributed by atoms with E-state index in [-0.39, 0.29) is 11.3 Å². The lowest BCUT2D eigenvalue weighted by molar-refractivity contribution is 0.0940. The Balaban J connectivity index is 2.68. The van der Waals surface area contributed by atoms with E-state index in [2.05, 4.69) is 21.2 Å². The summed E-state index contributed by atoms with van der Waals surface area (Å²) in [5, 5.41) is 3.36. The zero-order valence-electron chi connectivity index (χ0n) is 9.69. The maximum atomic E-state index is 11.8. The topological polar surface area (TPSA) is 29.1 Å². The molecule has 1 rings (SSSR count). The molecule has 2 nitrogen and oxygen atoms in total. The summed E-state index contributed by atoms with van der Waals surface area (Å²) in [6, 6.07) is 5.11. The zero-order valence-corrected chi connectivity index (χ0v) is 12.8. The van der Waals surface area contributed by atoms with Gasteiger partial charge in [0.1, 0.15) is 0 Å². The van der Waals surface area contributed by atoms with Gasteiger partial charge in [-0.05, 0) is 39.5 Å². The van der Waals surface area contributed by atoms with Gasteiger partial charge in [-0.2, -0.15) is 0 Å². The molecule has 0 aliphatic carbocycles. The largest absolute Gasteiger partial charge is 0.351 e. The standard InChI is InChI=1S/C12H14BrCl2NO/c1-12(2,6-14)7-16-11(17)8-3-4-9(13)10(15)5-8/h3-5H,6-7H2,1-2H3,(H,16,17). The fourth-order valence-electron chi connectivity index (χ4n) is 1.11. The molecule has 0 spiro atoms. The maximum Gasteiger partial charge on any atom is 0.251 e. The lowest BCUT2D eigenvalue weighted by Crippen LogP contribution is -2.34. The Hall–Kier alpha value is -0.250. The third-order valence-electron chi connectivity index (χ3n) is 2.27. The summed E-state index contributed by atoms with van der Waals surface area (Å²) in [5.74, 6) is 0.353. The molecule has 5 heteroatoms. The van der Waals surface area contributed by atoms with Crippen LogP contribution in [-0.2, 0) is 0 Å². The number of benzene rings is 1. The Kier molecular flexibility index (Phi) is 5.29. The summed E-state index contributed by atoms with van der Waals surface area (Å²) in [7, 11) is 0. The van der Waals surface area contributed by atoms with E-state index in [1.54, 1.807) is 18.2 Å². The van der Waals surface area contributed by atoms with Crippen molar-refractivity contribution in [2.24, 2.45) is 5.41 Å². The summed E-state index contributed by atoms with van der Waals surface area (Å²) in [6.07, 6.45) is 0. The van der Waals surface area contributed by atoms with Crippen molar-refractivity contribution in [2.45, 2.75) is 13.8 Å². The van der Waals surface area contributed by atoms with Gasteiger partial charge in [0.25, 0.3) is 5.91 Å². The molecule has 17 heavy (non-hydrogen) atoms. The van der Waals surface area contributed by atoms with Gasteiger partial charge in [-0.1, -0.05) is 25.4 Å². The van der Waals surface area contributed by atoms with E-state index in [0.29, 0.717) is 23.0 Å². The summed E-state index contributed by atoms with van der Waals surface area (Å²) >= 11 is 15.0. The fraction of sp³-hybridized carbons (Fsp3) is 0.417. The third-order valence-corrected chi connectivity index (χ3v) is 4.23. The van der Waals surface area contributed by atoms with Crippen molar-refractivity contribution in [3.8, 4) is 0 Å². The first-order valence-corrected chi connectivity index (χ1v) is 6.85. The first-order chi connectivity index (χ1) is 7.85. The van der Waals surface area contributed by atoms with Gasteiger partial charge in [-0.3, -0.25) is 4.79 Å². The number of hydrogen-bond donors (Lipinski definition) is 1. The maximum absolute atomic E-state index is 11.8. The summed E-state index contributed by atoms with van der Waals surface area (Å²) in [4.78, 5) is 11.8. The highest BCUT2D eigenvalue weighted by Gasteiger charge is 2.18. The van der Waals surface area contributed by atoms with Gasteiger partial charge in [0, 0.05) is 22.5 Å². The number of carbonyl (C=O) groups is 1. The van der Waals surface area contributed by atoms with Crippen molar-refractivity contribution < 1.29 is 4.79 Å². The predicted molar refractivity (Wildman–Crippen MR) is 76.0 cm³/mol. The van der Waals surface area contributed by atoms with Crippen LogP contribution in [-0.4, -0.2) is 18.3 Å². The van der Waals surface area contributed by atoms with Gasteiger partial charge in [0.15, 0.2) is 0 Å². The number of hydrogen-bond acceptors (Lipinski definition) is 1. The van der Waals surface area contributed by atoms with Crippen molar-refractivity contribution in [3.05, 3.63) is 33.3 Å². The van der Waals surface area contributed by atoms with E-state index in [0.717, 1.165) is 4.47 Å². The zero-order chi connectivity index (χ0) is 13.1. The highest BCUT2D eigenvalue weighted by molar-refractivity contribution is 9.10. The van der Waals surface area contributed by atoms with Crippen molar-refractivity contribution in [3.63, 3.8) is 0 Å². The molecular weight excluding hydrogens is 325 g/mol. The monoisotopic (exact) mass is 337 g/mol. The molecule has 0 saturated heterocycles. The molecule has 0 heterocycles. The molecule has 1 amide bonds. The lowest BCUT2D eigenvalue weighted by Gasteiger charge is -2.21. The van der Waals surface area contributed by atoms with Gasteiger partial charge in [-0.15, -0.1) is 11.6 Å². The van der Waals surface area contributed by atoms with Gasteiger partial charge in [0.05, 0.1) is 5.02 Å². The minimum atomic E-state index is -0.141. The van der Waals surface area contributed by atoms with Crippen LogP contribution in [0.5, 0.6) is 0 Å². The fourth-order valence-corrected chi connectivity index (χ4v) is 1.63. The second-order valence-corrected chi connectivity index (χ2v) is 6.14. The summed E-state index contributed by atoms with van der Waals surface area (Å²) in [5.41, 5.74) is 0.430. The molecule has 0 unspecified atom stereocenters. The SMILES string of the molecule is CC(C)(CCl)CNC(=O)c1ccc(Br)c(Cl)c1. The van der Waals surface area contributed by atoms with Crippen LogP contribution in [0.2, 0.25) is 5.02 Å². The highest BCUT2D eigenvalue weighted by atomic mass is 79.9. The molecule has 0 aliphatic rings. The highest BCUT2D eigenvalue weighted by Crippen LogP contribution is 2.23. The van der Waals surface area contributed by atoms with Gasteiger partial charge in [0.2, 0.25) is 0 Å². The van der Waals surface area contributed by atoms with E-state index in [1.165, 1.54) is 0 Å². The van der Waals surface area contributed by atoms with Crippen molar-refractivity contribution in [2.75, 3.05) is 12.4 Å². The van der Waals surface area contributed by atoms with Crippen molar-refractivity contribution in [1.29, 1.82) is 0 Å². The van der Waals surface area contributed by atoms with Crippen LogP contribution < -0.4 is 5.32 Å². The Morgan fingerprint density at radius 2 is 2.12 bits per heavy atom. The normalized spacial score (nSPS) is 11.4. The second kappa shape index (κ2) is 6.07. The molecule has 0 fully saturated rings. The number of halogens is 3. The minimum Gasteiger partial charge on any atom is -0.351 e. The molecule has 1 aromatic carbocycles. The molecule has 94 valence electrons. The van der Waals surface area contributed by atoms with E-state index < -0.39 is 0 Å². The molecule has 0 aliphatic heterocycles.